The van der Waals surface area contributed by atoms with Crippen LogP contribution in [-0.4, -0.2) is 11.7 Å². The molecular weight excluding hydrogens is 219 g/mol. The molecule has 1 rings (SSSR count). The van der Waals surface area contributed by atoms with E-state index in [-0.39, 0.29) is 5.56 Å². The van der Waals surface area contributed by atoms with Crippen LogP contribution in [-0.2, 0) is 6.18 Å². The molecule has 5 heteroatoms. The van der Waals surface area contributed by atoms with Gasteiger partial charge in [0.2, 0.25) is 0 Å². The molecular formula is C11H10F3NO. The molecule has 0 saturated heterocycles. The Morgan fingerprint density at radius 3 is 2.56 bits per heavy atom. The highest BCUT2D eigenvalue weighted by Gasteiger charge is 2.33. The third-order valence-corrected chi connectivity index (χ3v) is 1.80. The molecule has 0 radical (unpaired) electrons. The number of halogens is 3. The van der Waals surface area contributed by atoms with Crippen LogP contribution in [0.4, 0.5) is 13.2 Å². The summed E-state index contributed by atoms with van der Waals surface area (Å²) in [7, 11) is 0. The number of nitrogens with two attached hydrogens (primary N) is 1. The first kappa shape index (κ1) is 12.4. The van der Waals surface area contributed by atoms with Crippen molar-refractivity contribution in [2.75, 3.05) is 6.54 Å². The maximum absolute atomic E-state index is 12.4. The van der Waals surface area contributed by atoms with E-state index in [1.54, 1.807) is 0 Å². The van der Waals surface area contributed by atoms with E-state index < -0.39 is 17.5 Å². The maximum Gasteiger partial charge on any atom is 0.419 e. The zero-order valence-corrected chi connectivity index (χ0v) is 8.30. The fourth-order valence-corrected chi connectivity index (χ4v) is 1.08. The van der Waals surface area contributed by atoms with Gasteiger partial charge in [-0.3, -0.25) is 0 Å². The highest BCUT2D eigenvalue weighted by molar-refractivity contribution is 5.44. The van der Waals surface area contributed by atoms with Crippen LogP contribution in [0.25, 0.3) is 0 Å². The first-order valence-electron chi connectivity index (χ1n) is 4.54. The molecule has 0 fully saturated rings. The van der Waals surface area contributed by atoms with Gasteiger partial charge < -0.3 is 10.8 Å². The van der Waals surface area contributed by atoms with Gasteiger partial charge in [-0.1, -0.05) is 11.8 Å². The zero-order chi connectivity index (χ0) is 12.2. The molecule has 1 aromatic carbocycles. The molecule has 2 nitrogen and oxygen atoms in total. The standard InChI is InChI=1S/C11H10F3NO/c12-11(13,14)9-7-8(3-1-2-6-15)4-5-10(9)16/h4-5,7,16H,2,6,15H2. The summed E-state index contributed by atoms with van der Waals surface area (Å²) in [6, 6.07) is 3.13. The lowest BCUT2D eigenvalue weighted by molar-refractivity contribution is -0.138. The first-order valence-corrected chi connectivity index (χ1v) is 4.54. The molecule has 0 bridgehead atoms. The molecule has 0 amide bonds. The number of alkyl halides is 3. The molecule has 0 aromatic heterocycles. The number of phenolic OH excluding ortho intramolecular Hbond substituents is 1. The van der Waals surface area contributed by atoms with E-state index in [9.17, 15) is 13.2 Å². The van der Waals surface area contributed by atoms with Gasteiger partial charge in [-0.2, -0.15) is 13.2 Å². The van der Waals surface area contributed by atoms with Crippen molar-refractivity contribution in [1.29, 1.82) is 0 Å². The maximum atomic E-state index is 12.4. The van der Waals surface area contributed by atoms with E-state index in [0.717, 1.165) is 12.1 Å². The van der Waals surface area contributed by atoms with Gasteiger partial charge in [-0.05, 0) is 18.2 Å². The van der Waals surface area contributed by atoms with Gasteiger partial charge in [0.25, 0.3) is 0 Å². The minimum atomic E-state index is -4.57. The summed E-state index contributed by atoms with van der Waals surface area (Å²) >= 11 is 0. The van der Waals surface area contributed by atoms with Gasteiger partial charge >= 0.3 is 6.18 Å². The number of rotatable bonds is 1. The van der Waals surface area contributed by atoms with Crippen molar-refractivity contribution in [3.63, 3.8) is 0 Å². The average Bonchev–Trinajstić information content (AvgIpc) is 2.19. The smallest absolute Gasteiger partial charge is 0.419 e. The van der Waals surface area contributed by atoms with Crippen molar-refractivity contribution >= 4 is 0 Å². The zero-order valence-electron chi connectivity index (χ0n) is 8.30. The summed E-state index contributed by atoms with van der Waals surface area (Å²) in [6.45, 7) is 0.358. The molecule has 86 valence electrons. The van der Waals surface area contributed by atoms with Crippen LogP contribution >= 0.6 is 0 Å². The van der Waals surface area contributed by atoms with E-state index in [2.05, 4.69) is 11.8 Å². The molecule has 0 spiro atoms. The van der Waals surface area contributed by atoms with Crippen molar-refractivity contribution in [2.24, 2.45) is 5.73 Å². The number of phenols is 1. The highest BCUT2D eigenvalue weighted by Crippen LogP contribution is 2.35. The highest BCUT2D eigenvalue weighted by atomic mass is 19.4. The van der Waals surface area contributed by atoms with Gasteiger partial charge in [-0.25, -0.2) is 0 Å². The summed E-state index contributed by atoms with van der Waals surface area (Å²) < 4.78 is 37.2. The Hall–Kier alpha value is -1.67. The molecule has 1 aromatic rings. The second-order valence-corrected chi connectivity index (χ2v) is 3.07. The quantitative estimate of drug-likeness (QED) is 0.724. The van der Waals surface area contributed by atoms with Gasteiger partial charge in [0.15, 0.2) is 0 Å². The van der Waals surface area contributed by atoms with Gasteiger partial charge in [-0.15, -0.1) is 0 Å². The van der Waals surface area contributed by atoms with Crippen LogP contribution in [0.3, 0.4) is 0 Å². The van der Waals surface area contributed by atoms with E-state index in [1.165, 1.54) is 6.07 Å². The Balaban J connectivity index is 3.05. The minimum Gasteiger partial charge on any atom is -0.507 e. The van der Waals surface area contributed by atoms with Gasteiger partial charge in [0.05, 0.1) is 5.56 Å². The normalized spacial score (nSPS) is 10.8. The molecule has 0 aliphatic heterocycles. The van der Waals surface area contributed by atoms with Crippen LogP contribution < -0.4 is 5.73 Å². The Kier molecular flexibility index (Phi) is 3.80. The van der Waals surface area contributed by atoms with E-state index in [4.69, 9.17) is 10.8 Å². The number of benzene rings is 1. The SMILES string of the molecule is NCCC#Cc1ccc(O)c(C(F)(F)F)c1. The van der Waals surface area contributed by atoms with Crippen LogP contribution in [0.15, 0.2) is 18.2 Å². The Labute approximate surface area is 90.9 Å². The summed E-state index contributed by atoms with van der Waals surface area (Å²) in [5.41, 5.74) is 4.32. The second kappa shape index (κ2) is 4.90. The Bertz CT molecular complexity index is 429. The number of aromatic hydroxyl groups is 1. The van der Waals surface area contributed by atoms with Gasteiger partial charge in [0, 0.05) is 18.5 Å². The summed E-state index contributed by atoms with van der Waals surface area (Å²) in [5, 5.41) is 9.05. The molecule has 16 heavy (non-hydrogen) atoms. The van der Waals surface area contributed by atoms with Crippen molar-refractivity contribution in [3.8, 4) is 17.6 Å². The third-order valence-electron chi connectivity index (χ3n) is 1.80. The second-order valence-electron chi connectivity index (χ2n) is 3.07. The van der Waals surface area contributed by atoms with E-state index in [1.807, 2.05) is 0 Å². The van der Waals surface area contributed by atoms with Crippen molar-refractivity contribution in [2.45, 2.75) is 12.6 Å². The molecule has 0 atom stereocenters. The molecule has 0 unspecified atom stereocenters. The van der Waals surface area contributed by atoms with Gasteiger partial charge in [0.1, 0.15) is 5.75 Å². The lowest BCUT2D eigenvalue weighted by Gasteiger charge is -2.08. The lowest BCUT2D eigenvalue weighted by Crippen LogP contribution is -2.05. The largest absolute Gasteiger partial charge is 0.507 e. The van der Waals surface area contributed by atoms with E-state index in [0.29, 0.717) is 13.0 Å². The minimum absolute atomic E-state index is 0.207. The summed E-state index contributed by atoms with van der Waals surface area (Å²) in [5.74, 6) is 4.38. The fraction of sp³-hybridized carbons (Fsp3) is 0.273. The van der Waals surface area contributed by atoms with Crippen molar-refractivity contribution in [1.82, 2.24) is 0 Å². The van der Waals surface area contributed by atoms with Crippen molar-refractivity contribution in [3.05, 3.63) is 29.3 Å². The predicted octanol–water partition coefficient (Wildman–Crippen LogP) is 2.11. The topological polar surface area (TPSA) is 46.2 Å². The Morgan fingerprint density at radius 2 is 2.00 bits per heavy atom. The molecule has 0 aliphatic carbocycles. The fourth-order valence-electron chi connectivity index (χ4n) is 1.08. The molecule has 0 saturated carbocycles. The van der Waals surface area contributed by atoms with Crippen LogP contribution in [0.1, 0.15) is 17.5 Å². The monoisotopic (exact) mass is 229 g/mol. The van der Waals surface area contributed by atoms with Crippen molar-refractivity contribution < 1.29 is 18.3 Å². The molecule has 3 N–H and O–H groups in total. The van der Waals surface area contributed by atoms with Crippen LogP contribution in [0.5, 0.6) is 5.75 Å². The molecule has 0 heterocycles. The Morgan fingerprint density at radius 1 is 1.31 bits per heavy atom. The molecule has 0 aliphatic rings. The summed E-state index contributed by atoms with van der Waals surface area (Å²) in [6.07, 6.45) is -4.15. The third kappa shape index (κ3) is 3.17. The van der Waals surface area contributed by atoms with Crippen LogP contribution in [0.2, 0.25) is 0 Å². The predicted molar refractivity (Wildman–Crippen MR) is 53.7 cm³/mol. The average molecular weight is 229 g/mol. The van der Waals surface area contributed by atoms with Crippen LogP contribution in [0, 0.1) is 11.8 Å². The summed E-state index contributed by atoms with van der Waals surface area (Å²) in [4.78, 5) is 0. The number of hydrogen-bond acceptors (Lipinski definition) is 2. The number of hydrogen-bond donors (Lipinski definition) is 2. The first-order chi connectivity index (χ1) is 7.45. The van der Waals surface area contributed by atoms with E-state index >= 15 is 0 Å². The lowest BCUT2D eigenvalue weighted by atomic mass is 10.1.